The van der Waals surface area contributed by atoms with E-state index in [0.29, 0.717) is 12.4 Å². The minimum atomic E-state index is -0.606. The molecule has 65 heavy (non-hydrogen) atoms. The Kier molecular flexibility index (Phi) is 10.3. The van der Waals surface area contributed by atoms with Crippen LogP contribution in [0.1, 0.15) is 58.4 Å². The number of anilines is 3. The number of rotatable bonds is 8. The fraction of sp³-hybridized carbons (Fsp3) is 0.0645. The summed E-state index contributed by atoms with van der Waals surface area (Å²) < 4.78 is 0. The van der Waals surface area contributed by atoms with Gasteiger partial charge in [0.25, 0.3) is 0 Å². The minimum Gasteiger partial charge on any atom is -0.310 e. The van der Waals surface area contributed by atoms with Crippen molar-refractivity contribution in [2.24, 2.45) is 9.98 Å². The van der Waals surface area contributed by atoms with Crippen molar-refractivity contribution < 1.29 is 0 Å². The molecule has 1 aliphatic heterocycles. The van der Waals surface area contributed by atoms with Gasteiger partial charge in [-0.05, 0) is 123 Å². The highest BCUT2D eigenvalue weighted by atomic mass is 15.2. The summed E-state index contributed by atoms with van der Waals surface area (Å²) in [5.74, 6) is 0.697. The molecule has 0 unspecified atom stereocenters. The molecule has 11 rings (SSSR count). The number of nitrogens with zero attached hydrogens (tertiary/aromatic N) is 3. The van der Waals surface area contributed by atoms with Crippen LogP contribution in [0, 0.1) is 0 Å². The van der Waals surface area contributed by atoms with Crippen molar-refractivity contribution in [1.29, 1.82) is 0 Å². The van der Waals surface area contributed by atoms with E-state index in [1.807, 2.05) is 12.3 Å². The molecule has 1 aliphatic carbocycles. The van der Waals surface area contributed by atoms with Gasteiger partial charge < -0.3 is 4.90 Å². The zero-order chi connectivity index (χ0) is 43.7. The summed E-state index contributed by atoms with van der Waals surface area (Å²) in [6.07, 6.45) is 4.19. The number of amidine groups is 1. The standard InChI is InChI=1S/C62H47N3/c1-3-43(2)45-35-33-44(34-36-45)41-63-61(47-21-9-5-10-22-47)64-42-51-25-18-30-57-60(51)53-40-50(49-24-17-23-48(39-49)46-19-7-4-8-20-46)37-38-54(53)62(57)55-28-13-15-31-58(55)65(52-26-11-6-12-27-52)59-32-16-14-29-56(59)62/h3-40,42H,41H2,1-2H3/b43-3+,63-61?,64-42?. The molecule has 0 fully saturated rings. The van der Waals surface area contributed by atoms with Crippen molar-refractivity contribution in [2.75, 3.05) is 4.90 Å². The third-order valence-electron chi connectivity index (χ3n) is 13.2. The molecular formula is C62H47N3. The third kappa shape index (κ3) is 6.93. The Hall–Kier alpha value is -8.14. The second-order valence-electron chi connectivity index (χ2n) is 16.9. The lowest BCUT2D eigenvalue weighted by Gasteiger charge is -2.45. The lowest BCUT2D eigenvalue weighted by Crippen LogP contribution is -2.36. The van der Waals surface area contributed by atoms with E-state index in [1.165, 1.54) is 78.1 Å². The third-order valence-corrected chi connectivity index (χ3v) is 13.2. The fourth-order valence-corrected chi connectivity index (χ4v) is 10.0. The lowest BCUT2D eigenvalue weighted by molar-refractivity contribution is 0.752. The van der Waals surface area contributed by atoms with Crippen molar-refractivity contribution in [1.82, 2.24) is 0 Å². The van der Waals surface area contributed by atoms with Crippen LogP contribution < -0.4 is 4.90 Å². The summed E-state index contributed by atoms with van der Waals surface area (Å²) in [7, 11) is 0. The van der Waals surface area contributed by atoms with Crippen LogP contribution in [0.2, 0.25) is 0 Å². The molecule has 0 saturated heterocycles. The Morgan fingerprint density at radius 1 is 0.492 bits per heavy atom. The van der Waals surface area contributed by atoms with Crippen LogP contribution >= 0.6 is 0 Å². The Morgan fingerprint density at radius 3 is 1.75 bits per heavy atom. The number of benzene rings is 9. The van der Waals surface area contributed by atoms with E-state index < -0.39 is 5.41 Å². The highest BCUT2D eigenvalue weighted by molar-refractivity contribution is 6.08. The lowest BCUT2D eigenvalue weighted by atomic mass is 9.64. The normalized spacial score (nSPS) is 13.7. The SMILES string of the molecule is C/C=C(\C)c1ccc(CN=C(N=Cc2cccc3c2-c2cc(-c4cccc(-c5ccccc5)c4)ccc2C32c3ccccc3N(c3ccccc3)c3ccccc32)c2ccccc2)cc1. The van der Waals surface area contributed by atoms with Crippen molar-refractivity contribution in [2.45, 2.75) is 25.8 Å². The zero-order valence-electron chi connectivity index (χ0n) is 36.6. The molecule has 9 aromatic rings. The Bertz CT molecular complexity index is 3240. The van der Waals surface area contributed by atoms with Gasteiger partial charge in [-0.25, -0.2) is 4.99 Å². The first kappa shape index (κ1) is 39.7. The van der Waals surface area contributed by atoms with E-state index in [1.54, 1.807) is 0 Å². The maximum absolute atomic E-state index is 5.30. The van der Waals surface area contributed by atoms with Gasteiger partial charge in [0.1, 0.15) is 0 Å². The summed E-state index contributed by atoms with van der Waals surface area (Å²) in [6.45, 7) is 4.74. The topological polar surface area (TPSA) is 28.0 Å². The molecule has 3 heteroatoms. The van der Waals surface area contributed by atoms with Gasteiger partial charge in [0.15, 0.2) is 5.84 Å². The summed E-state index contributed by atoms with van der Waals surface area (Å²) in [5.41, 5.74) is 20.6. The molecule has 1 heterocycles. The number of allylic oxidation sites excluding steroid dienone is 2. The van der Waals surface area contributed by atoms with E-state index in [2.05, 4.69) is 243 Å². The first-order valence-corrected chi connectivity index (χ1v) is 22.5. The average Bonchev–Trinajstić information content (AvgIpc) is 3.67. The molecule has 0 aromatic heterocycles. The van der Waals surface area contributed by atoms with E-state index in [4.69, 9.17) is 9.98 Å². The Labute approximate surface area is 382 Å². The molecule has 0 saturated carbocycles. The van der Waals surface area contributed by atoms with Gasteiger partial charge in [-0.2, -0.15) is 0 Å². The monoisotopic (exact) mass is 833 g/mol. The summed E-state index contributed by atoms with van der Waals surface area (Å²) >= 11 is 0. The van der Waals surface area contributed by atoms with E-state index in [-0.39, 0.29) is 0 Å². The molecule has 1 spiro atoms. The number of aliphatic imine (C=N–C) groups is 2. The van der Waals surface area contributed by atoms with Crippen LogP contribution in [0.4, 0.5) is 17.1 Å². The molecule has 0 radical (unpaired) electrons. The van der Waals surface area contributed by atoms with Gasteiger partial charge in [0.05, 0.1) is 23.3 Å². The van der Waals surface area contributed by atoms with Gasteiger partial charge in [-0.1, -0.05) is 194 Å². The first-order chi connectivity index (χ1) is 32.1. The second kappa shape index (κ2) is 16.9. The first-order valence-electron chi connectivity index (χ1n) is 22.5. The molecule has 0 bridgehead atoms. The highest BCUT2D eigenvalue weighted by Gasteiger charge is 2.52. The minimum absolute atomic E-state index is 0.520. The zero-order valence-corrected chi connectivity index (χ0v) is 36.6. The maximum Gasteiger partial charge on any atom is 0.154 e. The summed E-state index contributed by atoms with van der Waals surface area (Å²) in [4.78, 5) is 12.9. The van der Waals surface area contributed by atoms with Gasteiger partial charge in [-0.3, -0.25) is 4.99 Å². The molecule has 0 atom stereocenters. The second-order valence-corrected chi connectivity index (χ2v) is 16.9. The summed E-state index contributed by atoms with van der Waals surface area (Å²) in [5, 5.41) is 0. The molecule has 2 aliphatic rings. The van der Waals surface area contributed by atoms with Crippen molar-refractivity contribution in [3.05, 3.63) is 275 Å². The van der Waals surface area contributed by atoms with Crippen molar-refractivity contribution >= 4 is 34.7 Å². The van der Waals surface area contributed by atoms with Crippen LogP contribution in [-0.4, -0.2) is 12.1 Å². The van der Waals surface area contributed by atoms with Gasteiger partial charge in [-0.15, -0.1) is 0 Å². The van der Waals surface area contributed by atoms with E-state index in [9.17, 15) is 0 Å². The Balaban J connectivity index is 1.12. The molecule has 9 aromatic carbocycles. The average molecular weight is 834 g/mol. The molecule has 310 valence electrons. The predicted octanol–water partition coefficient (Wildman–Crippen LogP) is 15.7. The predicted molar refractivity (Wildman–Crippen MR) is 273 cm³/mol. The van der Waals surface area contributed by atoms with Crippen LogP contribution in [0.5, 0.6) is 0 Å². The van der Waals surface area contributed by atoms with Crippen LogP contribution in [-0.2, 0) is 12.0 Å². The van der Waals surface area contributed by atoms with Gasteiger partial charge in [0.2, 0.25) is 0 Å². The molecule has 0 N–H and O–H groups in total. The largest absolute Gasteiger partial charge is 0.310 e. The smallest absolute Gasteiger partial charge is 0.154 e. The molecular weight excluding hydrogens is 787 g/mol. The number of hydrogen-bond donors (Lipinski definition) is 0. The van der Waals surface area contributed by atoms with Crippen molar-refractivity contribution in [3.8, 4) is 33.4 Å². The van der Waals surface area contributed by atoms with E-state index >= 15 is 0 Å². The number of hydrogen-bond acceptors (Lipinski definition) is 2. The van der Waals surface area contributed by atoms with Crippen LogP contribution in [0.25, 0.3) is 39.0 Å². The fourth-order valence-electron chi connectivity index (χ4n) is 10.0. The van der Waals surface area contributed by atoms with Gasteiger partial charge in [0, 0.05) is 23.0 Å². The number of fused-ring (bicyclic) bond motifs is 9. The number of para-hydroxylation sites is 3. The summed E-state index contributed by atoms with van der Waals surface area (Å²) in [6, 6.07) is 81.2. The van der Waals surface area contributed by atoms with Crippen LogP contribution in [0.3, 0.4) is 0 Å². The highest BCUT2D eigenvalue weighted by Crippen LogP contribution is 2.64. The van der Waals surface area contributed by atoms with Crippen LogP contribution in [0.15, 0.2) is 241 Å². The van der Waals surface area contributed by atoms with Gasteiger partial charge >= 0.3 is 0 Å². The maximum atomic E-state index is 5.30. The van der Waals surface area contributed by atoms with E-state index in [0.717, 1.165) is 22.4 Å². The van der Waals surface area contributed by atoms with Crippen molar-refractivity contribution in [3.63, 3.8) is 0 Å². The quantitative estimate of drug-likeness (QED) is 0.111. The molecule has 0 amide bonds. The Morgan fingerprint density at radius 2 is 1.06 bits per heavy atom. The molecule has 3 nitrogen and oxygen atoms in total.